The van der Waals surface area contributed by atoms with Crippen molar-refractivity contribution in [3.8, 4) is 0 Å². The summed E-state index contributed by atoms with van der Waals surface area (Å²) in [6.45, 7) is 0.697. The Hall–Kier alpha value is -0.790. The zero-order valence-corrected chi connectivity index (χ0v) is 8.81. The van der Waals surface area contributed by atoms with Crippen molar-refractivity contribution in [1.29, 1.82) is 0 Å². The van der Waals surface area contributed by atoms with Crippen LogP contribution in [-0.2, 0) is 14.4 Å². The maximum absolute atomic E-state index is 11.1. The van der Waals surface area contributed by atoms with E-state index in [0.717, 1.165) is 0 Å². The molecule has 7 heteroatoms. The van der Waals surface area contributed by atoms with E-state index in [1.807, 2.05) is 0 Å². The molecule has 0 aromatic carbocycles. The molecule has 0 saturated heterocycles. The summed E-state index contributed by atoms with van der Waals surface area (Å²) in [7, 11) is 0. The first-order chi connectivity index (χ1) is 6.25. The molecule has 0 amide bonds. The summed E-state index contributed by atoms with van der Waals surface area (Å²) < 4.78 is 0. The number of carboxylic acids is 1. The second-order valence-corrected chi connectivity index (χ2v) is 3.30. The van der Waals surface area contributed by atoms with Gasteiger partial charge in [-0.15, -0.1) is 0 Å². The second kappa shape index (κ2) is 4.63. The largest absolute Gasteiger partial charge is 0.479 e. The first-order valence-corrected chi connectivity index (χ1v) is 4.64. The highest BCUT2D eigenvalue weighted by atomic mass is 79.9. The summed E-state index contributed by atoms with van der Waals surface area (Å²) in [6, 6.07) is 0. The number of carbonyl (C=O) groups is 3. The molecule has 0 rings (SSSR count). The summed E-state index contributed by atoms with van der Waals surface area (Å²) in [5.74, 6) is -4.17. The molecule has 0 fully saturated rings. The number of alkyl halides is 1. The molecule has 14 heavy (non-hydrogen) atoms. The molecule has 6 nitrogen and oxygen atoms in total. The molecule has 0 spiro atoms. The molecule has 0 radical (unpaired) electrons. The smallest absolute Gasteiger partial charge is 0.343 e. The highest BCUT2D eigenvalue weighted by Crippen LogP contribution is 2.09. The number of aliphatic hydroxyl groups excluding tert-OH is 1. The number of aliphatic carboxylic acids is 1. The summed E-state index contributed by atoms with van der Waals surface area (Å²) >= 11 is 2.70. The van der Waals surface area contributed by atoms with Gasteiger partial charge >= 0.3 is 5.97 Å². The lowest BCUT2D eigenvalue weighted by Gasteiger charge is -2.18. The summed E-state index contributed by atoms with van der Waals surface area (Å²) in [4.78, 5) is 32.3. The van der Waals surface area contributed by atoms with E-state index in [9.17, 15) is 14.4 Å². The van der Waals surface area contributed by atoms with Crippen molar-refractivity contribution in [1.82, 2.24) is 0 Å². The van der Waals surface area contributed by atoms with E-state index in [0.29, 0.717) is 6.92 Å². The van der Waals surface area contributed by atoms with Crippen LogP contribution < -0.4 is 0 Å². The number of aliphatic hydroxyl groups is 2. The summed E-state index contributed by atoms with van der Waals surface area (Å²) in [6.07, 6.45) is -2.12. The number of carbonyl (C=O) groups excluding carboxylic acids is 2. The third-order valence-corrected chi connectivity index (χ3v) is 2.13. The first kappa shape index (κ1) is 13.2. The molecule has 0 aliphatic carbocycles. The monoisotopic (exact) mass is 268 g/mol. The van der Waals surface area contributed by atoms with Crippen molar-refractivity contribution >= 4 is 33.5 Å². The molecular formula is C7H9BrO6. The lowest BCUT2D eigenvalue weighted by atomic mass is 9.95. The Kier molecular flexibility index (Phi) is 4.37. The van der Waals surface area contributed by atoms with Crippen molar-refractivity contribution in [2.75, 3.05) is 5.33 Å². The van der Waals surface area contributed by atoms with Crippen LogP contribution in [0.25, 0.3) is 0 Å². The van der Waals surface area contributed by atoms with Gasteiger partial charge in [-0.2, -0.15) is 0 Å². The lowest BCUT2D eigenvalue weighted by molar-refractivity contribution is -0.167. The Labute approximate surface area is 87.7 Å². The van der Waals surface area contributed by atoms with Crippen LogP contribution in [-0.4, -0.2) is 49.9 Å². The molecule has 2 atom stereocenters. The number of hydrogen-bond donors (Lipinski definition) is 3. The van der Waals surface area contributed by atoms with E-state index >= 15 is 0 Å². The fourth-order valence-electron chi connectivity index (χ4n) is 0.591. The van der Waals surface area contributed by atoms with Gasteiger partial charge in [0.05, 0.1) is 5.33 Å². The van der Waals surface area contributed by atoms with E-state index in [1.165, 1.54) is 0 Å². The Morgan fingerprint density at radius 2 is 1.86 bits per heavy atom. The SMILES string of the molecule is CC(O)(C(=O)O)C(=O)C(O)C(=O)CBr. The molecule has 80 valence electrons. The molecular weight excluding hydrogens is 260 g/mol. The van der Waals surface area contributed by atoms with Crippen LogP contribution in [0.4, 0.5) is 0 Å². The average Bonchev–Trinajstić information content (AvgIpc) is 2.13. The van der Waals surface area contributed by atoms with Crippen molar-refractivity contribution in [3.05, 3.63) is 0 Å². The highest BCUT2D eigenvalue weighted by molar-refractivity contribution is 9.09. The van der Waals surface area contributed by atoms with Gasteiger partial charge in [0.25, 0.3) is 0 Å². The number of ketones is 2. The minimum Gasteiger partial charge on any atom is -0.479 e. The van der Waals surface area contributed by atoms with Crippen molar-refractivity contribution in [2.45, 2.75) is 18.6 Å². The van der Waals surface area contributed by atoms with Gasteiger partial charge in [-0.3, -0.25) is 9.59 Å². The number of hydrogen-bond acceptors (Lipinski definition) is 5. The Morgan fingerprint density at radius 3 is 2.14 bits per heavy atom. The van der Waals surface area contributed by atoms with Gasteiger partial charge < -0.3 is 15.3 Å². The molecule has 0 aromatic heterocycles. The van der Waals surface area contributed by atoms with Crippen LogP contribution in [0.2, 0.25) is 0 Å². The van der Waals surface area contributed by atoms with Gasteiger partial charge in [0.15, 0.2) is 11.9 Å². The van der Waals surface area contributed by atoms with Crippen LogP contribution >= 0.6 is 15.9 Å². The maximum Gasteiger partial charge on any atom is 0.343 e. The van der Waals surface area contributed by atoms with Gasteiger partial charge in [0, 0.05) is 0 Å². The zero-order chi connectivity index (χ0) is 11.5. The van der Waals surface area contributed by atoms with Crippen LogP contribution in [0.5, 0.6) is 0 Å². The van der Waals surface area contributed by atoms with Gasteiger partial charge in [-0.1, -0.05) is 15.9 Å². The zero-order valence-electron chi connectivity index (χ0n) is 7.23. The number of Topliss-reactive ketones (excluding diaryl/α,β-unsaturated/α-hetero) is 2. The van der Waals surface area contributed by atoms with Crippen molar-refractivity contribution in [2.24, 2.45) is 0 Å². The minimum absolute atomic E-state index is 0.296. The predicted molar refractivity (Wildman–Crippen MR) is 48.1 cm³/mol. The Bertz CT molecular complexity index is 271. The molecule has 0 aliphatic heterocycles. The van der Waals surface area contributed by atoms with Gasteiger partial charge in [-0.25, -0.2) is 4.79 Å². The van der Waals surface area contributed by atoms with Crippen LogP contribution in [0, 0.1) is 0 Å². The molecule has 0 heterocycles. The van der Waals surface area contributed by atoms with Gasteiger partial charge in [0.2, 0.25) is 11.4 Å². The first-order valence-electron chi connectivity index (χ1n) is 3.52. The average molecular weight is 269 g/mol. The normalized spacial score (nSPS) is 16.9. The van der Waals surface area contributed by atoms with Gasteiger partial charge in [0.1, 0.15) is 0 Å². The lowest BCUT2D eigenvalue weighted by Crippen LogP contribution is -2.51. The van der Waals surface area contributed by atoms with E-state index in [2.05, 4.69) is 15.9 Å². The number of carboxylic acid groups (broad SMARTS) is 1. The fraction of sp³-hybridized carbons (Fsp3) is 0.571. The third kappa shape index (κ3) is 2.60. The summed E-state index contributed by atoms with van der Waals surface area (Å²) in [5.41, 5.74) is -2.75. The molecule has 0 aromatic rings. The van der Waals surface area contributed by atoms with Crippen molar-refractivity contribution < 1.29 is 29.7 Å². The number of rotatable bonds is 5. The minimum atomic E-state index is -2.75. The van der Waals surface area contributed by atoms with E-state index in [4.69, 9.17) is 15.3 Å². The molecule has 0 bridgehead atoms. The summed E-state index contributed by atoms with van der Waals surface area (Å²) in [5, 5.41) is 26.2. The Balaban J connectivity index is 4.79. The van der Waals surface area contributed by atoms with E-state index in [1.54, 1.807) is 0 Å². The standard InChI is InChI=1S/C7H9BrO6/c1-7(14,6(12)13)5(11)4(10)3(9)2-8/h4,10,14H,2H2,1H3,(H,12,13). The van der Waals surface area contributed by atoms with Crippen molar-refractivity contribution in [3.63, 3.8) is 0 Å². The maximum atomic E-state index is 11.1. The Morgan fingerprint density at radius 1 is 1.43 bits per heavy atom. The number of halogens is 1. The van der Waals surface area contributed by atoms with Crippen LogP contribution in [0.1, 0.15) is 6.92 Å². The quantitative estimate of drug-likeness (QED) is 0.423. The third-order valence-electron chi connectivity index (χ3n) is 1.58. The highest BCUT2D eigenvalue weighted by Gasteiger charge is 2.44. The molecule has 2 unspecified atom stereocenters. The van der Waals surface area contributed by atoms with E-state index < -0.39 is 29.2 Å². The van der Waals surface area contributed by atoms with Crippen LogP contribution in [0.3, 0.4) is 0 Å². The van der Waals surface area contributed by atoms with Crippen LogP contribution in [0.15, 0.2) is 0 Å². The topological polar surface area (TPSA) is 112 Å². The van der Waals surface area contributed by atoms with Gasteiger partial charge in [-0.05, 0) is 6.92 Å². The fourth-order valence-corrected chi connectivity index (χ4v) is 0.898. The molecule has 3 N–H and O–H groups in total. The van der Waals surface area contributed by atoms with E-state index in [-0.39, 0.29) is 5.33 Å². The molecule has 0 saturated carbocycles. The second-order valence-electron chi connectivity index (χ2n) is 2.74. The molecule has 0 aliphatic rings. The predicted octanol–water partition coefficient (Wildman–Crippen LogP) is -1.28.